The van der Waals surface area contributed by atoms with Gasteiger partial charge in [-0.3, -0.25) is 0 Å². The number of nitrogens with zero attached hydrogens (tertiary/aromatic N) is 1. The first-order valence-electron chi connectivity index (χ1n) is 5.77. The third-order valence-electron chi connectivity index (χ3n) is 2.91. The van der Waals surface area contributed by atoms with Crippen molar-refractivity contribution in [2.45, 2.75) is 12.3 Å². The number of aliphatic hydroxyl groups is 1. The number of rotatable bonds is 2. The predicted molar refractivity (Wildman–Crippen MR) is 66.7 cm³/mol. The van der Waals surface area contributed by atoms with Gasteiger partial charge in [-0.25, -0.2) is 0 Å². The van der Waals surface area contributed by atoms with Gasteiger partial charge in [0.25, 0.3) is 0 Å². The van der Waals surface area contributed by atoms with Crippen molar-refractivity contribution in [2.24, 2.45) is 0 Å². The largest absolute Gasteiger partial charge is 0.416 e. The molecule has 0 bridgehead atoms. The normalized spacial score (nSPS) is 12.8. The van der Waals surface area contributed by atoms with E-state index in [1.165, 1.54) is 12.1 Å². The van der Waals surface area contributed by atoms with Crippen molar-refractivity contribution < 1.29 is 18.3 Å². The van der Waals surface area contributed by atoms with Gasteiger partial charge in [0.05, 0.1) is 17.2 Å². The quantitative estimate of drug-likeness (QED) is 0.910. The standard InChI is InChI=1S/C15H10F3NO/c16-15(17,18)13-7-5-12(6-8-13)14(20)11-3-1-10(9-19)2-4-11/h1-8,14,20H. The van der Waals surface area contributed by atoms with Crippen LogP contribution in [0.1, 0.15) is 28.4 Å². The molecule has 5 heteroatoms. The van der Waals surface area contributed by atoms with Crippen LogP contribution in [-0.2, 0) is 6.18 Å². The monoisotopic (exact) mass is 277 g/mol. The van der Waals surface area contributed by atoms with E-state index in [0.717, 1.165) is 12.1 Å². The summed E-state index contributed by atoms with van der Waals surface area (Å²) >= 11 is 0. The van der Waals surface area contributed by atoms with E-state index in [2.05, 4.69) is 0 Å². The highest BCUT2D eigenvalue weighted by Crippen LogP contribution is 2.31. The number of aliphatic hydroxyl groups excluding tert-OH is 1. The molecular formula is C15H10F3NO. The van der Waals surface area contributed by atoms with Gasteiger partial charge < -0.3 is 5.11 Å². The molecule has 102 valence electrons. The Morgan fingerprint density at radius 1 is 0.900 bits per heavy atom. The molecule has 0 spiro atoms. The van der Waals surface area contributed by atoms with E-state index in [-0.39, 0.29) is 0 Å². The molecule has 0 fully saturated rings. The number of benzene rings is 2. The van der Waals surface area contributed by atoms with Gasteiger partial charge in [-0.05, 0) is 35.4 Å². The molecule has 0 aliphatic rings. The van der Waals surface area contributed by atoms with E-state index >= 15 is 0 Å². The molecule has 0 aromatic heterocycles. The van der Waals surface area contributed by atoms with Crippen LogP contribution in [0.4, 0.5) is 13.2 Å². The molecule has 1 unspecified atom stereocenters. The predicted octanol–water partition coefficient (Wildman–Crippen LogP) is 3.66. The van der Waals surface area contributed by atoms with Crippen LogP contribution >= 0.6 is 0 Å². The van der Waals surface area contributed by atoms with Crippen LogP contribution < -0.4 is 0 Å². The molecule has 0 aliphatic heterocycles. The van der Waals surface area contributed by atoms with Gasteiger partial charge in [0, 0.05) is 0 Å². The van der Waals surface area contributed by atoms with E-state index in [9.17, 15) is 18.3 Å². The SMILES string of the molecule is N#Cc1ccc(C(O)c2ccc(C(F)(F)F)cc2)cc1. The van der Waals surface area contributed by atoms with Crippen molar-refractivity contribution in [1.82, 2.24) is 0 Å². The summed E-state index contributed by atoms with van der Waals surface area (Å²) in [6.45, 7) is 0. The third kappa shape index (κ3) is 2.98. The number of hydrogen-bond acceptors (Lipinski definition) is 2. The number of halogens is 3. The van der Waals surface area contributed by atoms with Gasteiger partial charge in [0.2, 0.25) is 0 Å². The minimum absolute atomic E-state index is 0.364. The maximum atomic E-state index is 12.4. The Hall–Kier alpha value is -2.32. The summed E-state index contributed by atoms with van der Waals surface area (Å²) in [5.41, 5.74) is 0.577. The minimum atomic E-state index is -4.39. The number of alkyl halides is 3. The summed E-state index contributed by atoms with van der Waals surface area (Å²) in [5, 5.41) is 18.8. The van der Waals surface area contributed by atoms with Crippen molar-refractivity contribution >= 4 is 0 Å². The molecule has 0 radical (unpaired) electrons. The zero-order chi connectivity index (χ0) is 14.8. The molecule has 2 aromatic carbocycles. The van der Waals surface area contributed by atoms with Crippen LogP contribution in [0.3, 0.4) is 0 Å². The molecule has 0 amide bonds. The summed E-state index contributed by atoms with van der Waals surface area (Å²) in [6, 6.07) is 12.5. The fraction of sp³-hybridized carbons (Fsp3) is 0.133. The average molecular weight is 277 g/mol. The first-order chi connectivity index (χ1) is 9.41. The molecule has 1 atom stereocenters. The molecule has 20 heavy (non-hydrogen) atoms. The van der Waals surface area contributed by atoms with Crippen molar-refractivity contribution in [3.8, 4) is 6.07 Å². The van der Waals surface area contributed by atoms with E-state index in [0.29, 0.717) is 16.7 Å². The van der Waals surface area contributed by atoms with E-state index in [4.69, 9.17) is 5.26 Å². The molecule has 2 rings (SSSR count). The molecule has 2 nitrogen and oxygen atoms in total. The lowest BCUT2D eigenvalue weighted by atomic mass is 9.99. The molecule has 0 saturated carbocycles. The molecule has 1 N–H and O–H groups in total. The first-order valence-corrected chi connectivity index (χ1v) is 5.77. The third-order valence-corrected chi connectivity index (χ3v) is 2.91. The summed E-state index contributed by atoms with van der Waals surface area (Å²) in [5.74, 6) is 0. The van der Waals surface area contributed by atoms with Crippen LogP contribution in [-0.4, -0.2) is 5.11 Å². The first kappa shape index (κ1) is 14.1. The topological polar surface area (TPSA) is 44.0 Å². The Kier molecular flexibility index (Phi) is 3.77. The Bertz CT molecular complexity index is 624. The van der Waals surface area contributed by atoms with E-state index in [1.54, 1.807) is 24.3 Å². The van der Waals surface area contributed by atoms with Crippen LogP contribution in [0.2, 0.25) is 0 Å². The van der Waals surface area contributed by atoms with Crippen molar-refractivity contribution in [3.63, 3.8) is 0 Å². The summed E-state index contributed by atoms with van der Waals surface area (Å²) in [6.07, 6.45) is -5.41. The highest BCUT2D eigenvalue weighted by atomic mass is 19.4. The van der Waals surface area contributed by atoms with Crippen LogP contribution in [0.15, 0.2) is 48.5 Å². The Balaban J connectivity index is 2.24. The molecule has 0 heterocycles. The highest BCUT2D eigenvalue weighted by Gasteiger charge is 2.30. The van der Waals surface area contributed by atoms with Crippen LogP contribution in [0.5, 0.6) is 0 Å². The average Bonchev–Trinajstić information content (AvgIpc) is 2.46. The maximum absolute atomic E-state index is 12.4. The number of nitriles is 1. The van der Waals surface area contributed by atoms with E-state index in [1.807, 2.05) is 6.07 Å². The maximum Gasteiger partial charge on any atom is 0.416 e. The second-order valence-corrected chi connectivity index (χ2v) is 4.26. The Morgan fingerprint density at radius 3 is 1.75 bits per heavy atom. The second-order valence-electron chi connectivity index (χ2n) is 4.26. The molecule has 0 saturated heterocycles. The van der Waals surface area contributed by atoms with Crippen molar-refractivity contribution in [1.29, 1.82) is 5.26 Å². The number of hydrogen-bond donors (Lipinski definition) is 1. The van der Waals surface area contributed by atoms with Crippen LogP contribution in [0, 0.1) is 11.3 Å². The fourth-order valence-electron chi connectivity index (χ4n) is 1.79. The summed E-state index contributed by atoms with van der Waals surface area (Å²) < 4.78 is 37.3. The van der Waals surface area contributed by atoms with Gasteiger partial charge >= 0.3 is 6.18 Å². The molecule has 0 aliphatic carbocycles. The van der Waals surface area contributed by atoms with Gasteiger partial charge in [0.15, 0.2) is 0 Å². The summed E-state index contributed by atoms with van der Waals surface area (Å²) in [4.78, 5) is 0. The zero-order valence-electron chi connectivity index (χ0n) is 10.2. The highest BCUT2D eigenvalue weighted by molar-refractivity contribution is 5.37. The molecular weight excluding hydrogens is 267 g/mol. The van der Waals surface area contributed by atoms with Crippen LogP contribution in [0.25, 0.3) is 0 Å². The van der Waals surface area contributed by atoms with Gasteiger partial charge in [-0.2, -0.15) is 18.4 Å². The Morgan fingerprint density at radius 2 is 1.35 bits per heavy atom. The lowest BCUT2D eigenvalue weighted by Gasteiger charge is -2.13. The lowest BCUT2D eigenvalue weighted by molar-refractivity contribution is -0.137. The fourth-order valence-corrected chi connectivity index (χ4v) is 1.79. The second kappa shape index (κ2) is 5.35. The van der Waals surface area contributed by atoms with Gasteiger partial charge in [-0.1, -0.05) is 24.3 Å². The lowest BCUT2D eigenvalue weighted by Crippen LogP contribution is -2.06. The van der Waals surface area contributed by atoms with E-state index < -0.39 is 17.8 Å². The van der Waals surface area contributed by atoms with Gasteiger partial charge in [0.1, 0.15) is 6.10 Å². The summed E-state index contributed by atoms with van der Waals surface area (Å²) in [7, 11) is 0. The minimum Gasteiger partial charge on any atom is -0.384 e. The van der Waals surface area contributed by atoms with Crippen molar-refractivity contribution in [3.05, 3.63) is 70.8 Å². The molecule has 2 aromatic rings. The van der Waals surface area contributed by atoms with Gasteiger partial charge in [-0.15, -0.1) is 0 Å². The zero-order valence-corrected chi connectivity index (χ0v) is 10.2. The smallest absolute Gasteiger partial charge is 0.384 e. The Labute approximate surface area is 113 Å². The van der Waals surface area contributed by atoms with Crippen molar-refractivity contribution in [2.75, 3.05) is 0 Å².